The van der Waals surface area contributed by atoms with Crippen molar-refractivity contribution in [2.75, 3.05) is 31.9 Å². The van der Waals surface area contributed by atoms with Crippen molar-refractivity contribution in [2.45, 2.75) is 24.6 Å². The molecule has 0 bridgehead atoms. The molecule has 2 nitrogen and oxygen atoms in total. The standard InChI is InChI=1S/C11H20N2S/c1-8-11(2-3-14-8)13-6-9-4-12-5-10(9)7-13/h8-12H,2-7H2,1H3. The van der Waals surface area contributed by atoms with E-state index < -0.39 is 0 Å². The minimum absolute atomic E-state index is 0.877. The number of hydrogen-bond donors (Lipinski definition) is 1. The molecule has 80 valence electrons. The third-order valence-electron chi connectivity index (χ3n) is 4.22. The van der Waals surface area contributed by atoms with Crippen molar-refractivity contribution in [3.63, 3.8) is 0 Å². The molecule has 0 aromatic carbocycles. The summed E-state index contributed by atoms with van der Waals surface area (Å²) in [6.45, 7) is 7.69. The fourth-order valence-electron chi connectivity index (χ4n) is 3.36. The Morgan fingerprint density at radius 2 is 1.93 bits per heavy atom. The van der Waals surface area contributed by atoms with E-state index >= 15 is 0 Å². The summed E-state index contributed by atoms with van der Waals surface area (Å²) in [5.41, 5.74) is 0. The highest BCUT2D eigenvalue weighted by atomic mass is 32.2. The van der Waals surface area contributed by atoms with E-state index in [1.165, 1.54) is 38.4 Å². The second-order valence-electron chi connectivity index (χ2n) is 5.06. The van der Waals surface area contributed by atoms with E-state index in [-0.39, 0.29) is 0 Å². The molecule has 0 aromatic heterocycles. The van der Waals surface area contributed by atoms with Crippen molar-refractivity contribution in [1.29, 1.82) is 0 Å². The summed E-state index contributed by atoms with van der Waals surface area (Å²) in [4.78, 5) is 2.78. The molecule has 3 saturated heterocycles. The number of thioether (sulfide) groups is 1. The van der Waals surface area contributed by atoms with Gasteiger partial charge >= 0.3 is 0 Å². The Kier molecular flexibility index (Phi) is 2.50. The van der Waals surface area contributed by atoms with Crippen LogP contribution in [0.15, 0.2) is 0 Å². The maximum absolute atomic E-state index is 3.51. The van der Waals surface area contributed by atoms with Gasteiger partial charge in [-0.1, -0.05) is 6.92 Å². The summed E-state index contributed by atoms with van der Waals surface area (Å²) in [5, 5.41) is 4.39. The number of rotatable bonds is 1. The molecule has 3 rings (SSSR count). The number of fused-ring (bicyclic) bond motifs is 1. The fraction of sp³-hybridized carbons (Fsp3) is 1.00. The monoisotopic (exact) mass is 212 g/mol. The second-order valence-corrected chi connectivity index (χ2v) is 6.55. The summed E-state index contributed by atoms with van der Waals surface area (Å²) in [7, 11) is 0. The van der Waals surface area contributed by atoms with E-state index in [1.54, 1.807) is 0 Å². The van der Waals surface area contributed by atoms with Gasteiger partial charge in [-0.05, 0) is 37.1 Å². The smallest absolute Gasteiger partial charge is 0.0220 e. The molecule has 3 aliphatic rings. The largest absolute Gasteiger partial charge is 0.316 e. The Morgan fingerprint density at radius 1 is 1.21 bits per heavy atom. The van der Waals surface area contributed by atoms with Crippen LogP contribution in [0.1, 0.15) is 13.3 Å². The van der Waals surface area contributed by atoms with Crippen LogP contribution in [0.2, 0.25) is 0 Å². The van der Waals surface area contributed by atoms with E-state index in [0.29, 0.717) is 0 Å². The molecule has 3 heterocycles. The van der Waals surface area contributed by atoms with Crippen LogP contribution < -0.4 is 5.32 Å². The highest BCUT2D eigenvalue weighted by Gasteiger charge is 2.41. The van der Waals surface area contributed by atoms with Crippen LogP contribution in [0.4, 0.5) is 0 Å². The van der Waals surface area contributed by atoms with Gasteiger partial charge in [0.25, 0.3) is 0 Å². The van der Waals surface area contributed by atoms with Crippen molar-refractivity contribution >= 4 is 11.8 Å². The summed E-state index contributed by atoms with van der Waals surface area (Å²) in [6, 6.07) is 0.894. The van der Waals surface area contributed by atoms with Crippen LogP contribution in [0, 0.1) is 11.8 Å². The second kappa shape index (κ2) is 3.69. The summed E-state index contributed by atoms with van der Waals surface area (Å²) < 4.78 is 0. The SMILES string of the molecule is CC1SCCC1N1CC2CNCC2C1. The molecule has 3 aliphatic heterocycles. The van der Waals surface area contributed by atoms with Gasteiger partial charge in [0.05, 0.1) is 0 Å². The van der Waals surface area contributed by atoms with E-state index in [2.05, 4.69) is 28.9 Å². The maximum Gasteiger partial charge on any atom is 0.0220 e. The molecule has 0 radical (unpaired) electrons. The maximum atomic E-state index is 3.51. The van der Waals surface area contributed by atoms with Gasteiger partial charge in [0, 0.05) is 24.4 Å². The molecule has 14 heavy (non-hydrogen) atoms. The van der Waals surface area contributed by atoms with Gasteiger partial charge < -0.3 is 5.32 Å². The average Bonchev–Trinajstić information content (AvgIpc) is 2.75. The molecule has 3 heteroatoms. The van der Waals surface area contributed by atoms with Gasteiger partial charge in [-0.25, -0.2) is 0 Å². The molecule has 0 spiro atoms. The van der Waals surface area contributed by atoms with Crippen molar-refractivity contribution in [2.24, 2.45) is 11.8 Å². The molecular weight excluding hydrogens is 192 g/mol. The quantitative estimate of drug-likeness (QED) is 0.699. The lowest BCUT2D eigenvalue weighted by molar-refractivity contribution is 0.227. The lowest BCUT2D eigenvalue weighted by atomic mass is 10.0. The van der Waals surface area contributed by atoms with Crippen molar-refractivity contribution < 1.29 is 0 Å². The molecule has 0 aromatic rings. The highest BCUT2D eigenvalue weighted by molar-refractivity contribution is 8.00. The summed E-state index contributed by atoms with van der Waals surface area (Å²) >= 11 is 2.16. The molecular formula is C11H20N2S. The molecule has 1 N–H and O–H groups in total. The van der Waals surface area contributed by atoms with Gasteiger partial charge in [0.15, 0.2) is 0 Å². The van der Waals surface area contributed by atoms with Gasteiger partial charge in [-0.2, -0.15) is 11.8 Å². The number of likely N-dealkylation sites (tertiary alicyclic amines) is 1. The van der Waals surface area contributed by atoms with E-state index in [4.69, 9.17) is 0 Å². The van der Waals surface area contributed by atoms with Crippen molar-refractivity contribution in [1.82, 2.24) is 10.2 Å². The molecule has 0 aliphatic carbocycles. The first kappa shape index (κ1) is 9.49. The van der Waals surface area contributed by atoms with E-state index in [1.807, 2.05) is 0 Å². The van der Waals surface area contributed by atoms with Gasteiger partial charge in [-0.15, -0.1) is 0 Å². The Balaban J connectivity index is 1.65. The van der Waals surface area contributed by atoms with Crippen LogP contribution >= 0.6 is 11.8 Å². The van der Waals surface area contributed by atoms with Crippen LogP contribution in [0.3, 0.4) is 0 Å². The Morgan fingerprint density at radius 3 is 2.50 bits per heavy atom. The van der Waals surface area contributed by atoms with Gasteiger partial charge in [-0.3, -0.25) is 4.90 Å². The summed E-state index contributed by atoms with van der Waals surface area (Å²) in [5.74, 6) is 3.32. The van der Waals surface area contributed by atoms with Crippen molar-refractivity contribution in [3.8, 4) is 0 Å². The number of nitrogens with one attached hydrogen (secondary N) is 1. The lowest BCUT2D eigenvalue weighted by Crippen LogP contribution is -2.38. The molecule has 4 unspecified atom stereocenters. The topological polar surface area (TPSA) is 15.3 Å². The van der Waals surface area contributed by atoms with Crippen LogP contribution in [0.5, 0.6) is 0 Å². The molecule has 0 saturated carbocycles. The van der Waals surface area contributed by atoms with Crippen LogP contribution in [-0.4, -0.2) is 48.1 Å². The number of nitrogens with zero attached hydrogens (tertiary/aromatic N) is 1. The van der Waals surface area contributed by atoms with Crippen LogP contribution in [-0.2, 0) is 0 Å². The molecule has 3 fully saturated rings. The van der Waals surface area contributed by atoms with Gasteiger partial charge in [0.1, 0.15) is 0 Å². The first-order chi connectivity index (χ1) is 6.84. The first-order valence-electron chi connectivity index (χ1n) is 5.91. The zero-order valence-electron chi connectivity index (χ0n) is 8.91. The minimum Gasteiger partial charge on any atom is -0.316 e. The first-order valence-corrected chi connectivity index (χ1v) is 6.96. The lowest BCUT2D eigenvalue weighted by Gasteiger charge is -2.27. The zero-order valence-corrected chi connectivity index (χ0v) is 9.72. The zero-order chi connectivity index (χ0) is 9.54. The van der Waals surface area contributed by atoms with E-state index in [9.17, 15) is 0 Å². The molecule has 4 atom stereocenters. The van der Waals surface area contributed by atoms with E-state index in [0.717, 1.165) is 23.1 Å². The Hall–Kier alpha value is 0.270. The highest BCUT2D eigenvalue weighted by Crippen LogP contribution is 2.35. The van der Waals surface area contributed by atoms with Gasteiger partial charge in [0.2, 0.25) is 0 Å². The third kappa shape index (κ3) is 1.50. The minimum atomic E-state index is 0.877. The molecule has 0 amide bonds. The third-order valence-corrected chi connectivity index (χ3v) is 5.53. The predicted octanol–water partition coefficient (Wildman–Crippen LogP) is 1.03. The van der Waals surface area contributed by atoms with Crippen LogP contribution in [0.25, 0.3) is 0 Å². The Bertz CT molecular complexity index is 209. The Labute approximate surface area is 90.8 Å². The normalized spacial score (nSPS) is 48.6. The average molecular weight is 212 g/mol. The fourth-order valence-corrected chi connectivity index (χ4v) is 4.64. The predicted molar refractivity (Wildman–Crippen MR) is 61.7 cm³/mol. The van der Waals surface area contributed by atoms with Crippen molar-refractivity contribution in [3.05, 3.63) is 0 Å². The summed E-state index contributed by atoms with van der Waals surface area (Å²) in [6.07, 6.45) is 1.43. The number of hydrogen-bond acceptors (Lipinski definition) is 3.